The van der Waals surface area contributed by atoms with E-state index in [9.17, 15) is 4.39 Å². The maximum absolute atomic E-state index is 13.4. The van der Waals surface area contributed by atoms with Crippen LogP contribution in [0.15, 0.2) is 40.9 Å². The minimum absolute atomic E-state index is 0.330. The highest BCUT2D eigenvalue weighted by Gasteiger charge is 2.05. The van der Waals surface area contributed by atoms with Crippen molar-refractivity contribution in [1.82, 2.24) is 0 Å². The Hall–Kier alpha value is -1.75. The van der Waals surface area contributed by atoms with Crippen LogP contribution >= 0.6 is 15.9 Å². The second-order valence-corrected chi connectivity index (χ2v) is 5.24. The lowest BCUT2D eigenvalue weighted by Crippen LogP contribution is -2.07. The molecule has 20 heavy (non-hydrogen) atoms. The molecule has 0 fully saturated rings. The van der Waals surface area contributed by atoms with Crippen molar-refractivity contribution in [3.8, 4) is 5.75 Å². The van der Waals surface area contributed by atoms with Gasteiger partial charge >= 0.3 is 0 Å². The SMILES string of the molecule is COc1cccc(CCNc2cc(F)c(Br)cc2N)c1. The van der Waals surface area contributed by atoms with Crippen LogP contribution in [0.3, 0.4) is 0 Å². The molecule has 0 saturated carbocycles. The summed E-state index contributed by atoms with van der Waals surface area (Å²) < 4.78 is 19.0. The van der Waals surface area contributed by atoms with Crippen molar-refractivity contribution in [2.75, 3.05) is 24.7 Å². The summed E-state index contributed by atoms with van der Waals surface area (Å²) in [7, 11) is 1.64. The van der Waals surface area contributed by atoms with E-state index in [1.165, 1.54) is 6.07 Å². The molecule has 0 spiro atoms. The van der Waals surface area contributed by atoms with E-state index >= 15 is 0 Å². The highest BCUT2D eigenvalue weighted by Crippen LogP contribution is 2.26. The summed E-state index contributed by atoms with van der Waals surface area (Å²) in [6.07, 6.45) is 0.800. The van der Waals surface area contributed by atoms with Gasteiger partial charge in [-0.3, -0.25) is 0 Å². The minimum Gasteiger partial charge on any atom is -0.497 e. The number of hydrogen-bond acceptors (Lipinski definition) is 3. The van der Waals surface area contributed by atoms with Crippen LogP contribution in [0.5, 0.6) is 5.75 Å². The summed E-state index contributed by atoms with van der Waals surface area (Å²) in [6.45, 7) is 0.665. The molecule has 0 aliphatic carbocycles. The van der Waals surface area contributed by atoms with Gasteiger partial charge < -0.3 is 15.8 Å². The average molecular weight is 339 g/mol. The average Bonchev–Trinajstić information content (AvgIpc) is 2.44. The molecule has 0 unspecified atom stereocenters. The molecule has 0 radical (unpaired) electrons. The van der Waals surface area contributed by atoms with Crippen LogP contribution < -0.4 is 15.8 Å². The Bertz CT molecular complexity index is 604. The Balaban J connectivity index is 1.97. The van der Waals surface area contributed by atoms with Crippen molar-refractivity contribution < 1.29 is 9.13 Å². The number of methoxy groups -OCH3 is 1. The number of hydrogen-bond donors (Lipinski definition) is 2. The molecule has 0 bridgehead atoms. The van der Waals surface area contributed by atoms with Crippen molar-refractivity contribution >= 4 is 27.3 Å². The van der Waals surface area contributed by atoms with Crippen LogP contribution in [0.25, 0.3) is 0 Å². The first-order valence-corrected chi connectivity index (χ1v) is 7.01. The Morgan fingerprint density at radius 1 is 1.30 bits per heavy atom. The first-order valence-electron chi connectivity index (χ1n) is 6.21. The fourth-order valence-electron chi connectivity index (χ4n) is 1.88. The van der Waals surface area contributed by atoms with Gasteiger partial charge in [-0.2, -0.15) is 0 Å². The number of nitrogens with two attached hydrogens (primary N) is 1. The van der Waals surface area contributed by atoms with Crippen molar-refractivity contribution in [2.45, 2.75) is 6.42 Å². The lowest BCUT2D eigenvalue weighted by molar-refractivity contribution is 0.414. The number of nitrogens with one attached hydrogen (secondary N) is 1. The van der Waals surface area contributed by atoms with Gasteiger partial charge in [0.25, 0.3) is 0 Å². The number of halogens is 2. The molecule has 2 aromatic rings. The summed E-state index contributed by atoms with van der Waals surface area (Å²) in [6, 6.07) is 10.8. The first-order chi connectivity index (χ1) is 9.60. The van der Waals surface area contributed by atoms with Crippen molar-refractivity contribution in [3.05, 3.63) is 52.3 Å². The van der Waals surface area contributed by atoms with Gasteiger partial charge in [0.15, 0.2) is 0 Å². The van der Waals surface area contributed by atoms with Gasteiger partial charge in [-0.25, -0.2) is 4.39 Å². The molecule has 0 atom stereocenters. The van der Waals surface area contributed by atoms with Gasteiger partial charge in [0.05, 0.1) is 23.0 Å². The van der Waals surface area contributed by atoms with Crippen LogP contribution in [0, 0.1) is 5.82 Å². The summed E-state index contributed by atoms with van der Waals surface area (Å²) in [5.74, 6) is 0.500. The zero-order valence-electron chi connectivity index (χ0n) is 11.1. The van der Waals surface area contributed by atoms with Gasteiger partial charge in [-0.15, -0.1) is 0 Å². The molecule has 5 heteroatoms. The molecule has 0 aromatic heterocycles. The molecule has 3 N–H and O–H groups in total. The molecule has 0 saturated heterocycles. The van der Waals surface area contributed by atoms with E-state index in [4.69, 9.17) is 10.5 Å². The highest BCUT2D eigenvalue weighted by molar-refractivity contribution is 9.10. The summed E-state index contributed by atoms with van der Waals surface area (Å²) in [4.78, 5) is 0. The second-order valence-electron chi connectivity index (χ2n) is 4.38. The van der Waals surface area contributed by atoms with Gasteiger partial charge in [-0.1, -0.05) is 12.1 Å². The Morgan fingerprint density at radius 2 is 2.10 bits per heavy atom. The van der Waals surface area contributed by atoms with E-state index in [0.717, 1.165) is 17.7 Å². The maximum atomic E-state index is 13.4. The normalized spacial score (nSPS) is 10.3. The Kier molecular flexibility index (Phi) is 4.84. The molecule has 2 aromatic carbocycles. The summed E-state index contributed by atoms with van der Waals surface area (Å²) >= 11 is 3.10. The lowest BCUT2D eigenvalue weighted by atomic mass is 10.1. The predicted molar refractivity (Wildman–Crippen MR) is 83.7 cm³/mol. The van der Waals surface area contributed by atoms with E-state index in [1.54, 1.807) is 13.2 Å². The largest absolute Gasteiger partial charge is 0.497 e. The number of rotatable bonds is 5. The zero-order chi connectivity index (χ0) is 14.5. The molecule has 3 nitrogen and oxygen atoms in total. The molecular formula is C15H16BrFN2O. The van der Waals surface area contributed by atoms with Crippen LogP contribution in [-0.4, -0.2) is 13.7 Å². The third-order valence-electron chi connectivity index (χ3n) is 2.96. The Labute approximate surface area is 126 Å². The van der Waals surface area contributed by atoms with Crippen LogP contribution in [0.1, 0.15) is 5.56 Å². The fourth-order valence-corrected chi connectivity index (χ4v) is 2.25. The molecule has 2 rings (SSSR count). The van der Waals surface area contributed by atoms with E-state index in [2.05, 4.69) is 21.2 Å². The van der Waals surface area contributed by atoms with E-state index in [-0.39, 0.29) is 5.82 Å². The van der Waals surface area contributed by atoms with E-state index in [1.807, 2.05) is 24.3 Å². The van der Waals surface area contributed by atoms with E-state index < -0.39 is 0 Å². The van der Waals surface area contributed by atoms with Crippen LogP contribution in [0.2, 0.25) is 0 Å². The molecule has 0 amide bonds. The van der Waals surface area contributed by atoms with Gasteiger partial charge in [-0.05, 0) is 46.1 Å². The maximum Gasteiger partial charge on any atom is 0.139 e. The van der Waals surface area contributed by atoms with E-state index in [0.29, 0.717) is 22.4 Å². The Morgan fingerprint density at radius 3 is 2.85 bits per heavy atom. The quantitative estimate of drug-likeness (QED) is 0.814. The predicted octanol–water partition coefficient (Wildman–Crippen LogP) is 3.83. The minimum atomic E-state index is -0.330. The zero-order valence-corrected chi connectivity index (χ0v) is 12.7. The van der Waals surface area contributed by atoms with Crippen molar-refractivity contribution in [2.24, 2.45) is 0 Å². The standard InChI is InChI=1S/C15H16BrFN2O/c1-20-11-4-2-3-10(7-11)5-6-19-15-9-13(17)12(16)8-14(15)18/h2-4,7-9,19H,5-6,18H2,1H3. The third-order valence-corrected chi connectivity index (χ3v) is 3.56. The lowest BCUT2D eigenvalue weighted by Gasteiger charge is -2.11. The van der Waals surface area contributed by atoms with Crippen molar-refractivity contribution in [1.29, 1.82) is 0 Å². The van der Waals surface area contributed by atoms with Crippen molar-refractivity contribution in [3.63, 3.8) is 0 Å². The number of benzene rings is 2. The summed E-state index contributed by atoms with van der Waals surface area (Å²) in [5, 5.41) is 3.14. The fraction of sp³-hybridized carbons (Fsp3) is 0.200. The molecule has 0 aliphatic rings. The van der Waals surface area contributed by atoms with Gasteiger partial charge in [0.1, 0.15) is 11.6 Å². The second kappa shape index (κ2) is 6.61. The van der Waals surface area contributed by atoms with Crippen LogP contribution in [-0.2, 0) is 6.42 Å². The molecule has 0 aliphatic heterocycles. The summed E-state index contributed by atoms with van der Waals surface area (Å²) in [5.41, 5.74) is 8.11. The topological polar surface area (TPSA) is 47.3 Å². The first kappa shape index (κ1) is 14.7. The molecular weight excluding hydrogens is 323 g/mol. The smallest absolute Gasteiger partial charge is 0.139 e. The molecule has 0 heterocycles. The van der Waals surface area contributed by atoms with Crippen LogP contribution in [0.4, 0.5) is 15.8 Å². The number of ether oxygens (including phenoxy) is 1. The molecule has 106 valence electrons. The number of anilines is 2. The van der Waals surface area contributed by atoms with Gasteiger partial charge in [0.2, 0.25) is 0 Å². The highest BCUT2D eigenvalue weighted by atomic mass is 79.9. The number of nitrogen functional groups attached to an aromatic ring is 1. The monoisotopic (exact) mass is 338 g/mol. The van der Waals surface area contributed by atoms with Gasteiger partial charge in [0, 0.05) is 12.6 Å². The third kappa shape index (κ3) is 3.63.